The summed E-state index contributed by atoms with van der Waals surface area (Å²) in [5, 5.41) is 0. The Labute approximate surface area is 345 Å². The van der Waals surface area contributed by atoms with E-state index in [1.54, 1.807) is 0 Å². The summed E-state index contributed by atoms with van der Waals surface area (Å²) in [7, 11) is -6.97. The Hall–Kier alpha value is -6.24. The van der Waals surface area contributed by atoms with E-state index in [2.05, 4.69) is 0 Å². The van der Waals surface area contributed by atoms with Crippen LogP contribution < -0.4 is 9.47 Å². The number of carbonyl (C=O) groups is 6. The number of ether oxygens (including phenoxy) is 6. The summed E-state index contributed by atoms with van der Waals surface area (Å²) in [5.74, 6) is -4.23. The third kappa shape index (κ3) is 10.5. The van der Waals surface area contributed by atoms with Crippen molar-refractivity contribution in [2.24, 2.45) is 0 Å². The van der Waals surface area contributed by atoms with Gasteiger partial charge in [0.1, 0.15) is 18.1 Å². The van der Waals surface area contributed by atoms with Crippen LogP contribution in [0.4, 0.5) is 0 Å². The van der Waals surface area contributed by atoms with Gasteiger partial charge in [-0.25, -0.2) is 16.8 Å². The summed E-state index contributed by atoms with van der Waals surface area (Å²) >= 11 is 0. The maximum Gasteiger partial charge on any atom is 0.303 e. The van der Waals surface area contributed by atoms with Crippen molar-refractivity contribution >= 4 is 54.9 Å². The highest BCUT2D eigenvalue weighted by Crippen LogP contribution is 2.38. The zero-order valence-corrected chi connectivity index (χ0v) is 34.7. The monoisotopic (exact) mass is 864 g/mol. The molecule has 18 heteroatoms. The Kier molecular flexibility index (Phi) is 13.4. The highest BCUT2D eigenvalue weighted by Gasteiger charge is 2.63. The van der Waals surface area contributed by atoms with E-state index in [9.17, 15) is 45.6 Å². The van der Waals surface area contributed by atoms with Gasteiger partial charge in [0.25, 0.3) is 0 Å². The first-order valence-corrected chi connectivity index (χ1v) is 21.8. The smallest absolute Gasteiger partial charge is 0.303 e. The van der Waals surface area contributed by atoms with E-state index in [4.69, 9.17) is 28.4 Å². The second-order valence-electron chi connectivity index (χ2n) is 13.8. The highest BCUT2D eigenvalue weighted by molar-refractivity contribution is 7.91. The van der Waals surface area contributed by atoms with Gasteiger partial charge in [-0.15, -0.1) is 0 Å². The molecule has 5 atom stereocenters. The van der Waals surface area contributed by atoms with Gasteiger partial charge in [0, 0.05) is 55.5 Å². The lowest BCUT2D eigenvalue weighted by Crippen LogP contribution is -2.72. The summed E-state index contributed by atoms with van der Waals surface area (Å²) in [6.07, 6.45) is -4.77. The molecule has 1 aliphatic heterocycles. The van der Waals surface area contributed by atoms with E-state index >= 15 is 0 Å². The van der Waals surface area contributed by atoms with Crippen LogP contribution in [0.2, 0.25) is 0 Å². The average Bonchev–Trinajstić information content (AvgIpc) is 3.18. The largest absolute Gasteiger partial charge is 0.490 e. The summed E-state index contributed by atoms with van der Waals surface area (Å²) in [6.45, 7) is 3.54. The zero-order valence-electron chi connectivity index (χ0n) is 33.1. The fraction of sp³-hybridized carbons (Fsp3) is 0.286. The van der Waals surface area contributed by atoms with E-state index < -0.39 is 91.7 Å². The number of sulfone groups is 2. The van der Waals surface area contributed by atoms with Crippen molar-refractivity contribution in [2.75, 3.05) is 19.1 Å². The molecule has 1 saturated heterocycles. The maximum absolute atomic E-state index is 13.8. The molecule has 1 aliphatic rings. The first-order chi connectivity index (χ1) is 28.1. The van der Waals surface area contributed by atoms with Crippen molar-refractivity contribution in [3.05, 3.63) is 119 Å². The molecule has 0 spiro atoms. The van der Waals surface area contributed by atoms with Gasteiger partial charge in [-0.3, -0.25) is 28.8 Å². The lowest BCUT2D eigenvalue weighted by atomic mass is 9.83. The molecule has 0 saturated carbocycles. The number of ketones is 3. The fourth-order valence-corrected chi connectivity index (χ4v) is 7.52. The second-order valence-corrected chi connectivity index (χ2v) is 17.8. The minimum Gasteiger partial charge on any atom is -0.490 e. The lowest BCUT2D eigenvalue weighted by Gasteiger charge is -2.49. The van der Waals surface area contributed by atoms with Crippen LogP contribution in [0.1, 0.15) is 59.5 Å². The molecule has 60 heavy (non-hydrogen) atoms. The minimum atomic E-state index is -3.49. The van der Waals surface area contributed by atoms with Crippen LogP contribution >= 0.6 is 0 Å². The molecular weight excluding hydrogens is 825 g/mol. The molecule has 0 bridgehead atoms. The molecule has 0 amide bonds. The molecule has 316 valence electrons. The Morgan fingerprint density at radius 1 is 0.533 bits per heavy atom. The molecule has 4 aromatic carbocycles. The van der Waals surface area contributed by atoms with Crippen LogP contribution in [-0.2, 0) is 57.8 Å². The molecule has 4 aromatic rings. The molecule has 16 nitrogen and oxygen atoms in total. The van der Waals surface area contributed by atoms with Gasteiger partial charge in [0.05, 0.1) is 9.79 Å². The van der Waals surface area contributed by atoms with E-state index in [1.165, 1.54) is 97.1 Å². The van der Waals surface area contributed by atoms with E-state index in [0.717, 1.165) is 40.2 Å². The minimum absolute atomic E-state index is 0.0261. The predicted octanol–water partition coefficient (Wildman–Crippen LogP) is 3.89. The van der Waals surface area contributed by atoms with Crippen LogP contribution in [-0.4, -0.2) is 101 Å². The van der Waals surface area contributed by atoms with Gasteiger partial charge < -0.3 is 28.4 Å². The van der Waals surface area contributed by atoms with Gasteiger partial charge in [0.15, 0.2) is 49.2 Å². The van der Waals surface area contributed by atoms with E-state index in [0.29, 0.717) is 0 Å². The summed E-state index contributed by atoms with van der Waals surface area (Å²) in [6, 6.07) is 22.0. The summed E-state index contributed by atoms with van der Waals surface area (Å²) in [5.41, 5.74) is -1.47. The summed E-state index contributed by atoms with van der Waals surface area (Å²) in [4.78, 5) is 77.7. The van der Waals surface area contributed by atoms with Crippen molar-refractivity contribution in [1.29, 1.82) is 0 Å². The van der Waals surface area contributed by atoms with Gasteiger partial charge in [-0.2, -0.15) is 0 Å². The van der Waals surface area contributed by atoms with Crippen molar-refractivity contribution in [3.8, 4) is 11.5 Å². The first kappa shape index (κ1) is 44.9. The Morgan fingerprint density at radius 3 is 1.27 bits per heavy atom. The van der Waals surface area contributed by atoms with Gasteiger partial charge >= 0.3 is 17.9 Å². The Morgan fingerprint density at radius 2 is 0.900 bits per heavy atom. The van der Waals surface area contributed by atoms with E-state index in [-0.39, 0.29) is 43.5 Å². The lowest BCUT2D eigenvalue weighted by molar-refractivity contribution is -0.311. The Balaban J connectivity index is 1.45. The van der Waals surface area contributed by atoms with Crippen molar-refractivity contribution in [3.63, 3.8) is 0 Å². The van der Waals surface area contributed by atoms with Crippen molar-refractivity contribution in [2.45, 2.75) is 67.7 Å². The van der Waals surface area contributed by atoms with Crippen LogP contribution in [0.5, 0.6) is 11.5 Å². The molecule has 1 fully saturated rings. The Bertz CT molecular complexity index is 2510. The number of carbonyl (C=O) groups excluding carboxylic acids is 6. The van der Waals surface area contributed by atoms with Crippen LogP contribution in [0.25, 0.3) is 0 Å². The SMILES string of the molecule is CC(=O)O[C@@H]1[C@@H](OC(C)=O)[C@@H](Oc2ccc(C(=O)c3ccc(S(C)(=O)=O)cc3)cc2)O[C@@](COc2ccc(C(=O)c3ccc(S(C)(=O)=O)cc3)cc2)(C(C)=O)[C@H]1OC(C)=O. The van der Waals surface area contributed by atoms with Crippen molar-refractivity contribution in [1.82, 2.24) is 0 Å². The highest BCUT2D eigenvalue weighted by atomic mass is 32.2. The normalized spacial score (nSPS) is 20.2. The molecule has 0 radical (unpaired) electrons. The molecule has 0 aliphatic carbocycles. The third-order valence-corrected chi connectivity index (χ3v) is 11.5. The zero-order chi connectivity index (χ0) is 44.2. The quantitative estimate of drug-likeness (QED) is 0.0938. The van der Waals surface area contributed by atoms with Gasteiger partial charge in [-0.1, -0.05) is 0 Å². The van der Waals surface area contributed by atoms with Crippen LogP contribution in [0.15, 0.2) is 107 Å². The predicted molar refractivity (Wildman–Crippen MR) is 210 cm³/mol. The number of hydrogen-bond acceptors (Lipinski definition) is 16. The standard InChI is InChI=1S/C42H40O16S2/c1-24(43)42(23-53-32-15-7-28(8-16-32)36(47)30-11-19-34(20-12-30)59(5,49)50)40(56-27(4)46)38(54-25(2)44)39(55-26(3)45)41(58-42)57-33-17-9-29(10-18-33)37(48)31-13-21-35(22-14-31)60(6,51)52/h7-22,38-41H,23H2,1-6H3/t38-,39-,40+,41+,42+/m1/s1. The molecule has 1 heterocycles. The first-order valence-electron chi connectivity index (χ1n) is 18.0. The fourth-order valence-electron chi connectivity index (χ4n) is 6.25. The number of Topliss-reactive ketones (excluding diaryl/α,β-unsaturated/α-hetero) is 1. The number of benzene rings is 4. The average molecular weight is 865 g/mol. The van der Waals surface area contributed by atoms with Gasteiger partial charge in [-0.05, 0) is 104 Å². The second kappa shape index (κ2) is 17.9. The maximum atomic E-state index is 13.8. The third-order valence-electron chi connectivity index (χ3n) is 9.20. The van der Waals surface area contributed by atoms with Crippen molar-refractivity contribution < 1.29 is 74.0 Å². The number of esters is 3. The van der Waals surface area contributed by atoms with Gasteiger partial charge in [0.2, 0.25) is 18.0 Å². The number of rotatable bonds is 15. The molecule has 0 N–H and O–H groups in total. The molecule has 0 aromatic heterocycles. The summed E-state index contributed by atoms with van der Waals surface area (Å²) < 4.78 is 82.4. The van der Waals surface area contributed by atoms with Crippen LogP contribution in [0.3, 0.4) is 0 Å². The topological polar surface area (TPSA) is 226 Å². The number of hydrogen-bond donors (Lipinski definition) is 0. The molecule has 0 unspecified atom stereocenters. The van der Waals surface area contributed by atoms with E-state index in [1.807, 2.05) is 0 Å². The van der Waals surface area contributed by atoms with Crippen LogP contribution in [0, 0.1) is 0 Å². The molecule has 5 rings (SSSR count). The molecular formula is C42H40O16S2.